The van der Waals surface area contributed by atoms with Gasteiger partial charge in [-0.1, -0.05) is 6.92 Å². The van der Waals surface area contributed by atoms with Crippen molar-refractivity contribution in [3.8, 4) is 0 Å². The van der Waals surface area contributed by atoms with E-state index in [2.05, 4.69) is 17.6 Å². The number of rotatable bonds is 3. The molecule has 0 aromatic carbocycles. The maximum Gasteiger partial charge on any atom is 0.248 e. The molecule has 0 aromatic rings. The minimum Gasteiger partial charge on any atom is -0.356 e. The van der Waals surface area contributed by atoms with Gasteiger partial charge in [-0.3, -0.25) is 4.79 Å². The Labute approximate surface area is 107 Å². The fourth-order valence-corrected chi connectivity index (χ4v) is 2.92. The van der Waals surface area contributed by atoms with Gasteiger partial charge in [-0.05, 0) is 37.8 Å². The smallest absolute Gasteiger partial charge is 0.248 e. The molecule has 1 saturated heterocycles. The predicted octanol–water partition coefficient (Wildman–Crippen LogP) is 1.78. The lowest BCUT2D eigenvalue weighted by Gasteiger charge is -2.29. The van der Waals surface area contributed by atoms with E-state index in [1.165, 1.54) is 0 Å². The number of halogens is 2. The quantitative estimate of drug-likeness (QED) is 0.812. The van der Waals surface area contributed by atoms with Gasteiger partial charge in [0.25, 0.3) is 0 Å². The minimum atomic E-state index is -2.63. The van der Waals surface area contributed by atoms with Crippen molar-refractivity contribution in [1.82, 2.24) is 10.6 Å². The van der Waals surface area contributed by atoms with Gasteiger partial charge in [-0.15, -0.1) is 0 Å². The zero-order valence-corrected chi connectivity index (χ0v) is 10.8. The van der Waals surface area contributed by atoms with E-state index in [4.69, 9.17) is 0 Å². The number of carbonyl (C=O) groups excluding carboxylic acids is 1. The van der Waals surface area contributed by atoms with Gasteiger partial charge in [-0.2, -0.15) is 0 Å². The SMILES string of the molecule is CC1CNCCC1CNC(=O)C1CCC(F)(F)C1. The van der Waals surface area contributed by atoms with E-state index >= 15 is 0 Å². The molecule has 1 aliphatic carbocycles. The highest BCUT2D eigenvalue weighted by Gasteiger charge is 2.42. The Morgan fingerprint density at radius 2 is 2.22 bits per heavy atom. The Morgan fingerprint density at radius 1 is 1.44 bits per heavy atom. The van der Waals surface area contributed by atoms with Crippen LogP contribution in [0.5, 0.6) is 0 Å². The molecule has 2 aliphatic rings. The van der Waals surface area contributed by atoms with Gasteiger partial charge in [0, 0.05) is 25.3 Å². The van der Waals surface area contributed by atoms with Gasteiger partial charge in [0.1, 0.15) is 0 Å². The highest BCUT2D eigenvalue weighted by atomic mass is 19.3. The molecule has 104 valence electrons. The Bertz CT molecular complexity index is 309. The summed E-state index contributed by atoms with van der Waals surface area (Å²) >= 11 is 0. The van der Waals surface area contributed by atoms with Crippen molar-refractivity contribution in [2.24, 2.45) is 17.8 Å². The molecule has 1 heterocycles. The lowest BCUT2D eigenvalue weighted by molar-refractivity contribution is -0.126. The van der Waals surface area contributed by atoms with Gasteiger partial charge in [0.05, 0.1) is 0 Å². The van der Waals surface area contributed by atoms with Crippen LogP contribution in [0.4, 0.5) is 8.78 Å². The third kappa shape index (κ3) is 3.40. The number of alkyl halides is 2. The van der Waals surface area contributed by atoms with E-state index in [1.807, 2.05) is 0 Å². The van der Waals surface area contributed by atoms with Crippen LogP contribution in [-0.4, -0.2) is 31.5 Å². The van der Waals surface area contributed by atoms with Crippen LogP contribution in [-0.2, 0) is 4.79 Å². The Morgan fingerprint density at radius 3 is 2.83 bits per heavy atom. The van der Waals surface area contributed by atoms with Gasteiger partial charge in [-0.25, -0.2) is 8.78 Å². The summed E-state index contributed by atoms with van der Waals surface area (Å²) in [5.74, 6) is -2.31. The predicted molar refractivity (Wildman–Crippen MR) is 65.4 cm³/mol. The van der Waals surface area contributed by atoms with Crippen LogP contribution in [0, 0.1) is 17.8 Å². The summed E-state index contributed by atoms with van der Waals surface area (Å²) in [6.45, 7) is 4.74. The molecular weight excluding hydrogens is 238 g/mol. The van der Waals surface area contributed by atoms with Crippen LogP contribution in [0.1, 0.15) is 32.6 Å². The van der Waals surface area contributed by atoms with Crippen molar-refractivity contribution < 1.29 is 13.6 Å². The largest absolute Gasteiger partial charge is 0.356 e. The van der Waals surface area contributed by atoms with Crippen molar-refractivity contribution in [3.63, 3.8) is 0 Å². The molecule has 2 N–H and O–H groups in total. The third-order valence-corrected chi connectivity index (χ3v) is 4.28. The molecule has 18 heavy (non-hydrogen) atoms. The summed E-state index contributed by atoms with van der Waals surface area (Å²) in [6.07, 6.45) is 0.943. The number of piperidine rings is 1. The van der Waals surface area contributed by atoms with Crippen molar-refractivity contribution in [2.45, 2.75) is 38.5 Å². The molecule has 0 aromatic heterocycles. The van der Waals surface area contributed by atoms with Crippen molar-refractivity contribution in [1.29, 1.82) is 0 Å². The lowest BCUT2D eigenvalue weighted by atomic mass is 9.88. The molecule has 3 atom stereocenters. The molecule has 1 amide bonds. The summed E-state index contributed by atoms with van der Waals surface area (Å²) in [6, 6.07) is 0. The average Bonchev–Trinajstić information content (AvgIpc) is 2.68. The zero-order valence-electron chi connectivity index (χ0n) is 10.8. The molecule has 1 aliphatic heterocycles. The van der Waals surface area contributed by atoms with E-state index in [0.29, 0.717) is 24.8 Å². The van der Waals surface area contributed by atoms with Crippen LogP contribution >= 0.6 is 0 Å². The Balaban J connectivity index is 1.75. The maximum atomic E-state index is 13.0. The van der Waals surface area contributed by atoms with E-state index in [1.54, 1.807) is 0 Å². The minimum absolute atomic E-state index is 0.144. The van der Waals surface area contributed by atoms with Crippen molar-refractivity contribution in [3.05, 3.63) is 0 Å². The first-order valence-electron chi connectivity index (χ1n) is 6.84. The highest BCUT2D eigenvalue weighted by molar-refractivity contribution is 5.79. The summed E-state index contributed by atoms with van der Waals surface area (Å²) in [4.78, 5) is 11.8. The normalized spacial score (nSPS) is 35.4. The summed E-state index contributed by atoms with van der Waals surface area (Å²) in [5.41, 5.74) is 0. The van der Waals surface area contributed by atoms with Crippen LogP contribution in [0.25, 0.3) is 0 Å². The third-order valence-electron chi connectivity index (χ3n) is 4.28. The first-order valence-corrected chi connectivity index (χ1v) is 6.84. The fraction of sp³-hybridized carbons (Fsp3) is 0.923. The van der Waals surface area contributed by atoms with Gasteiger partial charge < -0.3 is 10.6 Å². The molecule has 3 unspecified atom stereocenters. The molecule has 0 spiro atoms. The summed E-state index contributed by atoms with van der Waals surface area (Å²) < 4.78 is 26.0. The number of carbonyl (C=O) groups is 1. The van der Waals surface area contributed by atoms with E-state index < -0.39 is 11.8 Å². The summed E-state index contributed by atoms with van der Waals surface area (Å²) in [5, 5.41) is 6.17. The zero-order chi connectivity index (χ0) is 13.2. The number of nitrogens with one attached hydrogen (secondary N) is 2. The number of hydrogen-bond donors (Lipinski definition) is 2. The van der Waals surface area contributed by atoms with E-state index in [0.717, 1.165) is 19.5 Å². The summed E-state index contributed by atoms with van der Waals surface area (Å²) in [7, 11) is 0. The van der Waals surface area contributed by atoms with E-state index in [-0.39, 0.29) is 18.7 Å². The molecular formula is C13H22F2N2O. The topological polar surface area (TPSA) is 41.1 Å². The number of hydrogen-bond acceptors (Lipinski definition) is 2. The maximum absolute atomic E-state index is 13.0. The Kier molecular flexibility index (Phi) is 4.20. The second kappa shape index (κ2) is 5.51. The first kappa shape index (κ1) is 13.7. The molecule has 5 heteroatoms. The van der Waals surface area contributed by atoms with Gasteiger partial charge >= 0.3 is 0 Å². The Hall–Kier alpha value is -0.710. The second-order valence-electron chi connectivity index (χ2n) is 5.77. The van der Waals surface area contributed by atoms with Gasteiger partial charge in [0.2, 0.25) is 11.8 Å². The standard InChI is InChI=1S/C13H22F2N2O/c1-9-7-16-5-3-11(9)8-17-12(18)10-2-4-13(14,15)6-10/h9-11,16H,2-8H2,1H3,(H,17,18). The molecule has 2 rings (SSSR count). The molecule has 3 nitrogen and oxygen atoms in total. The van der Waals surface area contributed by atoms with Gasteiger partial charge in [0.15, 0.2) is 0 Å². The fourth-order valence-electron chi connectivity index (χ4n) is 2.92. The molecule has 2 fully saturated rings. The molecule has 1 saturated carbocycles. The van der Waals surface area contributed by atoms with Crippen LogP contribution in [0.3, 0.4) is 0 Å². The van der Waals surface area contributed by atoms with Crippen LogP contribution in [0.2, 0.25) is 0 Å². The first-order chi connectivity index (χ1) is 8.48. The molecule has 0 bridgehead atoms. The van der Waals surface area contributed by atoms with Crippen molar-refractivity contribution in [2.75, 3.05) is 19.6 Å². The van der Waals surface area contributed by atoms with Crippen molar-refractivity contribution >= 4 is 5.91 Å². The van der Waals surface area contributed by atoms with Crippen LogP contribution < -0.4 is 10.6 Å². The monoisotopic (exact) mass is 260 g/mol. The number of amides is 1. The van der Waals surface area contributed by atoms with E-state index in [9.17, 15) is 13.6 Å². The molecule has 0 radical (unpaired) electrons. The lowest BCUT2D eigenvalue weighted by Crippen LogP contribution is -2.42. The average molecular weight is 260 g/mol. The van der Waals surface area contributed by atoms with Crippen LogP contribution in [0.15, 0.2) is 0 Å². The second-order valence-corrected chi connectivity index (χ2v) is 5.77. The highest BCUT2D eigenvalue weighted by Crippen LogP contribution is 2.38.